The van der Waals surface area contributed by atoms with Gasteiger partial charge in [-0.25, -0.2) is 22.8 Å². The van der Waals surface area contributed by atoms with Gasteiger partial charge in [0.25, 0.3) is 23.0 Å². The van der Waals surface area contributed by atoms with Crippen LogP contribution in [-0.2, 0) is 52.8 Å². The molecule has 2 saturated heterocycles. The lowest BCUT2D eigenvalue weighted by Gasteiger charge is -2.22. The number of aliphatic hydroxyl groups excluding tert-OH is 4. The van der Waals surface area contributed by atoms with E-state index < -0.39 is 116 Å². The molecule has 6 rings (SSSR count). The van der Waals surface area contributed by atoms with Gasteiger partial charge in [0.15, 0.2) is 12.7 Å². The Morgan fingerprint density at radius 3 is 1.81 bits per heavy atom. The number of hydrogen-bond donors (Lipinski definition) is 13. The summed E-state index contributed by atoms with van der Waals surface area (Å²) in [7, 11) is -14.4. The van der Waals surface area contributed by atoms with Crippen molar-refractivity contribution in [3.05, 3.63) is 33.4 Å². The van der Waals surface area contributed by atoms with Crippen LogP contribution in [0.1, 0.15) is 12.5 Å². The zero-order valence-corrected chi connectivity index (χ0v) is 31.6. The Labute approximate surface area is 315 Å². The van der Waals surface area contributed by atoms with E-state index in [9.17, 15) is 63.3 Å². The molecule has 2 fully saturated rings. The highest BCUT2D eigenvalue weighted by atomic mass is 31.2. The molecular formula is C24H37N10O20P3+2. The molecular weight excluding hydrogens is 841 g/mol. The summed E-state index contributed by atoms with van der Waals surface area (Å²) >= 11 is 0. The summed E-state index contributed by atoms with van der Waals surface area (Å²) in [4.78, 5) is 78.7. The van der Waals surface area contributed by atoms with Crippen LogP contribution in [0.4, 0.5) is 11.9 Å². The first-order chi connectivity index (χ1) is 26.5. The fourth-order valence-corrected chi connectivity index (χ4v) is 7.94. The highest BCUT2D eigenvalue weighted by Gasteiger charge is 2.49. The number of rotatable bonds is 16. The second-order valence-corrected chi connectivity index (χ2v) is 16.6. The Kier molecular flexibility index (Phi) is 12.2. The van der Waals surface area contributed by atoms with Crippen molar-refractivity contribution >= 4 is 57.7 Å². The van der Waals surface area contributed by atoms with Gasteiger partial charge in [-0.2, -0.15) is 0 Å². The van der Waals surface area contributed by atoms with Crippen LogP contribution in [0.5, 0.6) is 0 Å². The minimum Gasteiger partial charge on any atom is -0.387 e. The highest BCUT2D eigenvalue weighted by Crippen LogP contribution is 2.48. The van der Waals surface area contributed by atoms with Crippen molar-refractivity contribution in [2.75, 3.05) is 37.9 Å². The van der Waals surface area contributed by atoms with E-state index >= 15 is 0 Å². The molecule has 6 heterocycles. The molecule has 0 aliphatic carbocycles. The number of nitrogens with one attached hydrogen (secondary N) is 3. The molecule has 2 aliphatic rings. The SMILES string of the molecule is Cn1c[n+]([C@@H]2O[C@H](COP(=O)(O)OCC(COP(=O)(O)OC[C@H]3O[C@@H]([n+]4c[nH]c5c(=O)[nH]c(N)nc54)[C@H](O)[C@@H]3O)OP(=O)(O)O)[C@@H](O)[C@H]2O)c2nc(N)[nH]c(=O)c21. The normalized spacial score (nSPS) is 28.2. The summed E-state index contributed by atoms with van der Waals surface area (Å²) in [5, 5.41) is 42.4. The van der Waals surface area contributed by atoms with E-state index in [-0.39, 0.29) is 34.2 Å². The first kappa shape index (κ1) is 43.0. The molecule has 33 heteroatoms. The number of aromatic amines is 3. The van der Waals surface area contributed by atoms with Crippen molar-refractivity contribution in [2.45, 2.75) is 55.2 Å². The van der Waals surface area contributed by atoms with Crippen molar-refractivity contribution in [1.82, 2.24) is 29.5 Å². The number of aryl methyl sites for hydroxylation is 1. The summed E-state index contributed by atoms with van der Waals surface area (Å²) in [5.41, 5.74) is 9.81. The number of nitrogens with two attached hydrogens (primary N) is 2. The zero-order valence-electron chi connectivity index (χ0n) is 28.9. The van der Waals surface area contributed by atoms with E-state index in [1.54, 1.807) is 0 Å². The third-order valence-electron chi connectivity index (χ3n) is 8.46. The fourth-order valence-electron chi connectivity index (χ4n) is 5.90. The Morgan fingerprint density at radius 1 is 0.789 bits per heavy atom. The number of nitrogen functional groups attached to an aromatic ring is 2. The average Bonchev–Trinajstić information content (AvgIpc) is 3.83. The molecule has 0 saturated carbocycles. The van der Waals surface area contributed by atoms with Crippen molar-refractivity contribution in [1.29, 1.82) is 0 Å². The maximum absolute atomic E-state index is 12.7. The third-order valence-corrected chi connectivity index (χ3v) is 10.9. The smallest absolute Gasteiger partial charge is 0.387 e. The van der Waals surface area contributed by atoms with Gasteiger partial charge in [-0.1, -0.05) is 9.97 Å². The van der Waals surface area contributed by atoms with Crippen LogP contribution in [0.2, 0.25) is 0 Å². The molecule has 11 atom stereocenters. The number of ether oxygens (including phenoxy) is 2. The van der Waals surface area contributed by atoms with Crippen molar-refractivity contribution < 1.29 is 94.9 Å². The number of H-pyrrole nitrogens is 3. The molecule has 4 aromatic heterocycles. The number of anilines is 2. The second-order valence-electron chi connectivity index (χ2n) is 12.5. The van der Waals surface area contributed by atoms with Crippen LogP contribution in [0.3, 0.4) is 0 Å². The summed E-state index contributed by atoms with van der Waals surface area (Å²) in [6, 6.07) is 0. The van der Waals surface area contributed by atoms with Crippen molar-refractivity contribution in [2.24, 2.45) is 7.05 Å². The van der Waals surface area contributed by atoms with Crippen LogP contribution in [-0.4, -0.2) is 139 Å². The van der Waals surface area contributed by atoms with Gasteiger partial charge in [0.05, 0.1) is 33.5 Å². The van der Waals surface area contributed by atoms with E-state index in [1.807, 2.05) is 0 Å². The van der Waals surface area contributed by atoms with Gasteiger partial charge in [0.2, 0.25) is 23.5 Å². The Morgan fingerprint density at radius 2 is 1.28 bits per heavy atom. The number of nitrogens with zero attached hydrogens (tertiary/aromatic N) is 5. The molecule has 3 unspecified atom stereocenters. The van der Waals surface area contributed by atoms with Crippen molar-refractivity contribution in [3.63, 3.8) is 0 Å². The summed E-state index contributed by atoms with van der Waals surface area (Å²) < 4.78 is 75.3. The number of aliphatic hydroxyl groups is 4. The van der Waals surface area contributed by atoms with E-state index in [0.29, 0.717) is 0 Å². The molecule has 30 nitrogen and oxygen atoms in total. The molecule has 0 bridgehead atoms. The van der Waals surface area contributed by atoms with Gasteiger partial charge < -0.3 is 60.9 Å². The molecule has 4 aromatic rings. The molecule has 0 aromatic carbocycles. The average molecular weight is 879 g/mol. The molecule has 0 amide bonds. The summed E-state index contributed by atoms with van der Waals surface area (Å²) in [5.74, 6) is -0.538. The largest absolute Gasteiger partial charge is 0.472 e. The van der Waals surface area contributed by atoms with E-state index in [4.69, 9.17) is 39.0 Å². The first-order valence-corrected chi connectivity index (χ1v) is 20.6. The fraction of sp³-hybridized carbons (Fsp3) is 0.583. The Hall–Kier alpha value is -3.61. The van der Waals surface area contributed by atoms with Crippen LogP contribution < -0.4 is 31.7 Å². The monoisotopic (exact) mass is 878 g/mol. The van der Waals surface area contributed by atoms with E-state index in [1.165, 1.54) is 28.8 Å². The molecule has 0 radical (unpaired) electrons. The second kappa shape index (κ2) is 16.2. The summed E-state index contributed by atoms with van der Waals surface area (Å²) in [6.07, 6.45) is -12.2. The van der Waals surface area contributed by atoms with Gasteiger partial charge >= 0.3 is 34.8 Å². The Bertz CT molecular complexity index is 2380. The lowest BCUT2D eigenvalue weighted by Crippen LogP contribution is -2.46. The molecule has 15 N–H and O–H groups in total. The number of imidazole rings is 2. The number of fused-ring (bicyclic) bond motifs is 2. The quantitative estimate of drug-likeness (QED) is 0.0368. The van der Waals surface area contributed by atoms with Gasteiger partial charge in [-0.3, -0.25) is 51.7 Å². The van der Waals surface area contributed by atoms with E-state index in [2.05, 4.69) is 29.4 Å². The topological polar surface area (TPSA) is 450 Å². The first-order valence-electron chi connectivity index (χ1n) is 16.1. The molecule has 2 aliphatic heterocycles. The summed E-state index contributed by atoms with van der Waals surface area (Å²) in [6.45, 7) is -4.30. The molecule has 0 spiro atoms. The Balaban J connectivity index is 1.02. The highest BCUT2D eigenvalue weighted by molar-refractivity contribution is 7.47. The number of phosphoric acid groups is 3. The lowest BCUT2D eigenvalue weighted by molar-refractivity contribution is -0.746. The molecule has 316 valence electrons. The lowest BCUT2D eigenvalue weighted by atomic mass is 10.1. The number of aromatic nitrogens is 8. The minimum atomic E-state index is -5.42. The maximum Gasteiger partial charge on any atom is 0.472 e. The van der Waals surface area contributed by atoms with Gasteiger partial charge in [0.1, 0.15) is 42.7 Å². The van der Waals surface area contributed by atoms with Crippen molar-refractivity contribution in [3.8, 4) is 0 Å². The van der Waals surface area contributed by atoms with Crippen LogP contribution >= 0.6 is 23.5 Å². The van der Waals surface area contributed by atoms with Gasteiger partial charge in [0, 0.05) is 0 Å². The third kappa shape index (κ3) is 9.49. The standard InChI is InChI=1S/C24H35N10O20P3/c1-32-7-34(18-12(32)20(40)31-24(26)29-18)22-16(38)14(36)10(53-22)5-51-57(46,47)49-3-8(54-55(41,42)43)2-48-56(44,45)50-4-9-13(35)15(37)21(52-9)33-6-27-11-17(33)28-23(25)30-19(11)39/h6-10,13-16,21-22,35-38H,2-5H2,1H3,(H9-,25,26,28,29,30,31,39,40,41,42,43,44,45,46,47)/p+2/t8?,9-,10-,13-,14-,15-,16-,21-,22-/m1/s1. The predicted molar refractivity (Wildman–Crippen MR) is 179 cm³/mol. The zero-order chi connectivity index (χ0) is 41.8. The molecule has 57 heavy (non-hydrogen) atoms. The minimum absolute atomic E-state index is 0.0314. The van der Waals surface area contributed by atoms with Gasteiger partial charge in [-0.15, -0.1) is 0 Å². The van der Waals surface area contributed by atoms with Crippen LogP contribution in [0, 0.1) is 0 Å². The van der Waals surface area contributed by atoms with Crippen LogP contribution in [0.15, 0.2) is 22.2 Å². The predicted octanol–water partition coefficient (Wildman–Crippen LogP) is -5.75. The number of phosphoric ester groups is 3. The van der Waals surface area contributed by atoms with Gasteiger partial charge in [-0.05, 0) is 0 Å². The maximum atomic E-state index is 12.7. The van der Waals surface area contributed by atoms with E-state index in [0.717, 1.165) is 4.57 Å². The number of hydrogen-bond acceptors (Lipinski definition) is 20. The van der Waals surface area contributed by atoms with Crippen LogP contribution in [0.25, 0.3) is 22.3 Å².